The summed E-state index contributed by atoms with van der Waals surface area (Å²) >= 11 is 0. The Morgan fingerprint density at radius 3 is 1.25 bits per heavy atom. The zero-order valence-corrected chi connectivity index (χ0v) is 50.7. The molecule has 3 aromatic heterocycles. The summed E-state index contributed by atoms with van der Waals surface area (Å²) in [5, 5.41) is 0. The van der Waals surface area contributed by atoms with Crippen molar-refractivity contribution in [1.29, 1.82) is 0 Å². The fourth-order valence-corrected chi connectivity index (χ4v) is 11.2. The van der Waals surface area contributed by atoms with Crippen LogP contribution in [-0.2, 0) is 10.8 Å². The van der Waals surface area contributed by atoms with Crippen molar-refractivity contribution in [1.82, 2.24) is 34.1 Å². The molecule has 0 N–H and O–H groups in total. The molecule has 0 fully saturated rings. The van der Waals surface area contributed by atoms with E-state index in [1.165, 1.54) is 39.1 Å². The van der Waals surface area contributed by atoms with E-state index in [1.807, 2.05) is 42.6 Å². The minimum Gasteiger partial charge on any atom is -0.457 e. The number of ether oxygens (including phenoxy) is 1. The number of imidazole rings is 2. The third-order valence-electron chi connectivity index (χ3n) is 15.9. The van der Waals surface area contributed by atoms with Gasteiger partial charge >= 0.3 is 0 Å². The molecule has 8 heteroatoms. The first kappa shape index (κ1) is 56.1. The van der Waals surface area contributed by atoms with Gasteiger partial charge in [-0.15, -0.1) is 0 Å². The lowest BCUT2D eigenvalue weighted by molar-refractivity contribution is 0.475. The number of fused-ring (bicyclic) bond motifs is 1. The van der Waals surface area contributed by atoms with Gasteiger partial charge in [0.25, 0.3) is 0 Å². The van der Waals surface area contributed by atoms with Gasteiger partial charge < -0.3 is 4.74 Å². The summed E-state index contributed by atoms with van der Waals surface area (Å²) < 4.78 is 12.0. The highest BCUT2D eigenvalue weighted by Gasteiger charge is 2.28. The van der Waals surface area contributed by atoms with Crippen LogP contribution in [0.1, 0.15) is 154 Å². The summed E-state index contributed by atoms with van der Waals surface area (Å²) in [6.45, 7) is 31.8. The normalized spacial score (nSPS) is 12.2. The fraction of sp³-hybridized carbons (Fsp3) is 0.267. The zero-order valence-electron chi connectivity index (χ0n) is 50.7. The second-order valence-corrected chi connectivity index (χ2v) is 25.5. The van der Waals surface area contributed by atoms with Gasteiger partial charge in [-0.3, -0.25) is 9.13 Å². The van der Waals surface area contributed by atoms with Gasteiger partial charge in [-0.25, -0.2) is 24.9 Å². The molecule has 0 saturated heterocycles. The Morgan fingerprint density at radius 1 is 0.373 bits per heavy atom. The van der Waals surface area contributed by atoms with Gasteiger partial charge in [-0.1, -0.05) is 200 Å². The minimum atomic E-state index is -0.220. The van der Waals surface area contributed by atoms with Crippen molar-refractivity contribution in [3.63, 3.8) is 0 Å². The van der Waals surface area contributed by atoms with Gasteiger partial charge in [0.15, 0.2) is 17.5 Å². The van der Waals surface area contributed by atoms with Crippen LogP contribution in [0.2, 0.25) is 0 Å². The van der Waals surface area contributed by atoms with Gasteiger partial charge in [0.2, 0.25) is 0 Å². The number of para-hydroxylation sites is 2. The van der Waals surface area contributed by atoms with E-state index in [-0.39, 0.29) is 34.5 Å². The molecule has 0 bridgehead atoms. The molecule has 0 unspecified atom stereocenters. The third kappa shape index (κ3) is 11.4. The smallest absolute Gasteiger partial charge is 0.164 e. The van der Waals surface area contributed by atoms with Crippen LogP contribution in [0.3, 0.4) is 0 Å². The Bertz CT molecular complexity index is 4020. The van der Waals surface area contributed by atoms with Crippen molar-refractivity contribution in [2.75, 3.05) is 0 Å². The van der Waals surface area contributed by atoms with E-state index in [2.05, 4.69) is 252 Å². The molecule has 3 heterocycles. The van der Waals surface area contributed by atoms with Crippen molar-refractivity contribution in [3.05, 3.63) is 222 Å². The topological polar surface area (TPSA) is 83.5 Å². The average Bonchev–Trinajstić information content (AvgIpc) is 4.26. The monoisotopic (exact) mass is 1090 g/mol. The molecule has 0 saturated carbocycles. The van der Waals surface area contributed by atoms with Gasteiger partial charge in [0.05, 0.1) is 22.4 Å². The Hall–Kier alpha value is -8.75. The fourth-order valence-electron chi connectivity index (χ4n) is 11.2. The number of hydrogen-bond donors (Lipinski definition) is 0. The maximum atomic E-state index is 7.28. The summed E-state index contributed by atoms with van der Waals surface area (Å²) in [5.41, 5.74) is 18.2. The molecule has 8 aromatic carbocycles. The molecule has 0 amide bonds. The van der Waals surface area contributed by atoms with E-state index in [0.29, 0.717) is 17.5 Å². The van der Waals surface area contributed by atoms with Crippen LogP contribution in [0.15, 0.2) is 188 Å². The lowest BCUT2D eigenvalue weighted by Crippen LogP contribution is -2.13. The minimum absolute atomic E-state index is 0.140. The predicted octanol–water partition coefficient (Wildman–Crippen LogP) is 20.3. The largest absolute Gasteiger partial charge is 0.457 e. The van der Waals surface area contributed by atoms with Crippen molar-refractivity contribution < 1.29 is 4.74 Å². The van der Waals surface area contributed by atoms with Crippen molar-refractivity contribution >= 4 is 11.0 Å². The van der Waals surface area contributed by atoms with E-state index in [1.54, 1.807) is 0 Å². The standard InChI is InChI=1S/C75H77N7O/c1-46(2)61-42-54(71-79-69(51-28-20-16-21-29-51)78-70(80-71)52-30-22-17-23-31-52)43-62(47(3)4)67(61)81-35-34-76-72(81)55-36-57(74(9,10)11)44-59(38-55)83-60-39-56(37-58(45-60)75(12,13)14)73-77-65-32-24-25-33-66(65)82(73)68-63(48(5)6)40-53(41-64(68)49(7)8)50-26-18-15-19-27-50/h15-49H,1-14H3. The molecule has 11 aromatic rings. The second kappa shape index (κ2) is 22.5. The van der Waals surface area contributed by atoms with E-state index < -0.39 is 0 Å². The van der Waals surface area contributed by atoms with Crippen molar-refractivity contribution in [2.24, 2.45) is 0 Å². The van der Waals surface area contributed by atoms with Crippen LogP contribution in [0, 0.1) is 0 Å². The zero-order chi connectivity index (χ0) is 58.5. The summed E-state index contributed by atoms with van der Waals surface area (Å²) in [5.74, 6) is 5.82. The first-order chi connectivity index (χ1) is 39.7. The first-order valence-corrected chi connectivity index (χ1v) is 29.5. The molecule has 11 rings (SSSR count). The molecule has 0 aliphatic heterocycles. The van der Waals surface area contributed by atoms with Gasteiger partial charge in [0.1, 0.15) is 23.1 Å². The van der Waals surface area contributed by atoms with E-state index >= 15 is 0 Å². The highest BCUT2D eigenvalue weighted by Crippen LogP contribution is 2.44. The Morgan fingerprint density at radius 2 is 0.783 bits per heavy atom. The van der Waals surface area contributed by atoms with E-state index in [4.69, 9.17) is 29.7 Å². The number of aromatic nitrogens is 7. The van der Waals surface area contributed by atoms with Crippen LogP contribution in [-0.4, -0.2) is 34.1 Å². The molecule has 0 atom stereocenters. The first-order valence-electron chi connectivity index (χ1n) is 29.5. The number of hydrogen-bond acceptors (Lipinski definition) is 6. The quantitative estimate of drug-likeness (QED) is 0.108. The average molecular weight is 1090 g/mol. The molecule has 0 aliphatic rings. The maximum absolute atomic E-state index is 7.28. The van der Waals surface area contributed by atoms with Crippen molar-refractivity contribution in [3.8, 4) is 90.9 Å². The molecule has 0 aliphatic carbocycles. The van der Waals surface area contributed by atoms with Crippen LogP contribution in [0.5, 0.6) is 11.5 Å². The van der Waals surface area contributed by atoms with E-state index in [0.717, 1.165) is 78.8 Å². The van der Waals surface area contributed by atoms with Crippen LogP contribution in [0.25, 0.3) is 90.5 Å². The van der Waals surface area contributed by atoms with Gasteiger partial charge in [-0.2, -0.15) is 0 Å². The summed E-state index contributed by atoms with van der Waals surface area (Å²) in [6, 6.07) is 62.3. The molecule has 8 nitrogen and oxygen atoms in total. The molecule has 418 valence electrons. The Balaban J connectivity index is 1.05. The number of rotatable bonds is 14. The summed E-state index contributed by atoms with van der Waals surface area (Å²) in [6.07, 6.45) is 4.02. The maximum Gasteiger partial charge on any atom is 0.164 e. The van der Waals surface area contributed by atoms with Crippen LogP contribution < -0.4 is 4.74 Å². The highest BCUT2D eigenvalue weighted by atomic mass is 16.5. The van der Waals surface area contributed by atoms with Crippen LogP contribution >= 0.6 is 0 Å². The number of nitrogens with zero attached hydrogens (tertiary/aromatic N) is 7. The van der Waals surface area contributed by atoms with Gasteiger partial charge in [-0.05, 0) is 152 Å². The van der Waals surface area contributed by atoms with Crippen molar-refractivity contribution in [2.45, 2.75) is 131 Å². The number of benzene rings is 8. The predicted molar refractivity (Wildman–Crippen MR) is 344 cm³/mol. The van der Waals surface area contributed by atoms with Gasteiger partial charge in [0, 0.05) is 40.2 Å². The molecular weight excluding hydrogens is 1010 g/mol. The summed E-state index contributed by atoms with van der Waals surface area (Å²) in [4.78, 5) is 26.1. The third-order valence-corrected chi connectivity index (χ3v) is 15.9. The SMILES string of the molecule is CC(C)c1cc(-c2nc(-c3ccccc3)nc(-c3ccccc3)n2)cc(C(C)C)c1-n1ccnc1-c1cc(Oc2cc(-c3nc4ccccc4n3-c3c(C(C)C)cc(-c4ccccc4)cc3C(C)C)cc(C(C)(C)C)c2)cc(C(C)(C)C)c1. The molecule has 83 heavy (non-hydrogen) atoms. The Kier molecular flexibility index (Phi) is 15.2. The highest BCUT2D eigenvalue weighted by molar-refractivity contribution is 5.86. The lowest BCUT2D eigenvalue weighted by atomic mass is 9.85. The molecular formula is C75H77N7O. The lowest BCUT2D eigenvalue weighted by Gasteiger charge is -2.26. The van der Waals surface area contributed by atoms with E-state index in [9.17, 15) is 0 Å². The second-order valence-electron chi connectivity index (χ2n) is 25.5. The summed E-state index contributed by atoms with van der Waals surface area (Å²) in [7, 11) is 0. The molecule has 0 radical (unpaired) electrons. The Labute approximate surface area is 491 Å². The molecule has 0 spiro atoms. The van der Waals surface area contributed by atoms with Crippen LogP contribution in [0.4, 0.5) is 0 Å².